The molecule has 0 radical (unpaired) electrons. The van der Waals surface area contributed by atoms with Crippen LogP contribution >= 0.6 is 0 Å². The zero-order valence-corrected chi connectivity index (χ0v) is 16.0. The number of amides is 1. The Kier molecular flexibility index (Phi) is 5.05. The standard InChI is InChI=1S/C19H23N7O2/c1-3-26-18-16(23-24-26)17(21-12-22-18)25-10-14(11-25)19(27)20-9-8-13-6-4-5-7-15(13)28-2/h4-7,12,14H,3,8-11H2,1-2H3,(H,20,27). The van der Waals surface area contributed by atoms with Gasteiger partial charge in [0.2, 0.25) is 5.91 Å². The number of fused-ring (bicyclic) bond motifs is 1. The maximum atomic E-state index is 12.4. The molecule has 1 fully saturated rings. The highest BCUT2D eigenvalue weighted by atomic mass is 16.5. The van der Waals surface area contributed by atoms with Crippen LogP contribution in [0.2, 0.25) is 0 Å². The molecule has 1 saturated heterocycles. The number of hydrogen-bond acceptors (Lipinski definition) is 7. The molecule has 0 spiro atoms. The van der Waals surface area contributed by atoms with Gasteiger partial charge in [-0.3, -0.25) is 4.79 Å². The monoisotopic (exact) mass is 381 g/mol. The summed E-state index contributed by atoms with van der Waals surface area (Å²) in [6, 6.07) is 7.85. The molecule has 1 aromatic carbocycles. The average molecular weight is 381 g/mol. The Hall–Kier alpha value is -3.23. The van der Waals surface area contributed by atoms with Crippen molar-refractivity contribution in [2.75, 3.05) is 31.6 Å². The fourth-order valence-electron chi connectivity index (χ4n) is 3.42. The van der Waals surface area contributed by atoms with Gasteiger partial charge in [0.25, 0.3) is 0 Å². The van der Waals surface area contributed by atoms with Gasteiger partial charge < -0.3 is 15.0 Å². The summed E-state index contributed by atoms with van der Waals surface area (Å²) in [5, 5.41) is 11.3. The quantitative estimate of drug-likeness (QED) is 0.653. The molecule has 1 N–H and O–H groups in total. The lowest BCUT2D eigenvalue weighted by molar-refractivity contribution is -0.125. The molecule has 1 aliphatic rings. The van der Waals surface area contributed by atoms with Crippen LogP contribution in [0.4, 0.5) is 5.82 Å². The number of aryl methyl sites for hydroxylation is 1. The van der Waals surface area contributed by atoms with E-state index < -0.39 is 0 Å². The topological polar surface area (TPSA) is 98.1 Å². The fraction of sp³-hybridized carbons (Fsp3) is 0.421. The van der Waals surface area contributed by atoms with E-state index in [2.05, 4.69) is 25.6 Å². The molecule has 28 heavy (non-hydrogen) atoms. The number of nitrogens with zero attached hydrogens (tertiary/aromatic N) is 6. The number of hydrogen-bond donors (Lipinski definition) is 1. The second-order valence-corrected chi connectivity index (χ2v) is 6.73. The van der Waals surface area contributed by atoms with Gasteiger partial charge in [-0.05, 0) is 25.0 Å². The maximum absolute atomic E-state index is 12.4. The molecule has 0 bridgehead atoms. The normalized spacial score (nSPS) is 14.1. The number of methoxy groups -OCH3 is 1. The summed E-state index contributed by atoms with van der Waals surface area (Å²) < 4.78 is 7.08. The molecule has 0 atom stereocenters. The molecule has 3 aromatic rings. The second kappa shape index (κ2) is 7.79. The van der Waals surface area contributed by atoms with E-state index in [-0.39, 0.29) is 11.8 Å². The largest absolute Gasteiger partial charge is 0.496 e. The lowest BCUT2D eigenvalue weighted by Gasteiger charge is -2.38. The van der Waals surface area contributed by atoms with Gasteiger partial charge in [0.1, 0.15) is 12.1 Å². The summed E-state index contributed by atoms with van der Waals surface area (Å²) >= 11 is 0. The van der Waals surface area contributed by atoms with Crippen LogP contribution in [0.5, 0.6) is 5.75 Å². The number of ether oxygens (including phenoxy) is 1. The van der Waals surface area contributed by atoms with Gasteiger partial charge in [-0.1, -0.05) is 23.4 Å². The third-order valence-electron chi connectivity index (χ3n) is 5.02. The Morgan fingerprint density at radius 2 is 2.11 bits per heavy atom. The third kappa shape index (κ3) is 3.35. The Labute approximate surface area is 162 Å². The summed E-state index contributed by atoms with van der Waals surface area (Å²) in [5.74, 6) is 1.60. The Morgan fingerprint density at radius 3 is 2.89 bits per heavy atom. The van der Waals surface area contributed by atoms with Crippen LogP contribution in [0.3, 0.4) is 0 Å². The lowest BCUT2D eigenvalue weighted by Crippen LogP contribution is -2.54. The van der Waals surface area contributed by atoms with E-state index in [1.165, 1.54) is 6.33 Å². The molecule has 1 amide bonds. The first-order chi connectivity index (χ1) is 13.7. The number of nitrogens with one attached hydrogen (secondary N) is 1. The predicted octanol–water partition coefficient (Wildman–Crippen LogP) is 1.04. The number of aromatic nitrogens is 5. The van der Waals surface area contributed by atoms with Crippen LogP contribution in [0.1, 0.15) is 12.5 Å². The van der Waals surface area contributed by atoms with Gasteiger partial charge >= 0.3 is 0 Å². The van der Waals surface area contributed by atoms with Gasteiger partial charge in [-0.15, -0.1) is 5.10 Å². The number of carbonyl (C=O) groups is 1. The smallest absolute Gasteiger partial charge is 0.226 e. The molecular weight excluding hydrogens is 358 g/mol. The molecule has 3 heterocycles. The fourth-order valence-corrected chi connectivity index (χ4v) is 3.42. The van der Waals surface area contributed by atoms with E-state index in [0.717, 1.165) is 29.2 Å². The zero-order valence-electron chi connectivity index (χ0n) is 16.0. The minimum absolute atomic E-state index is 0.0519. The summed E-state index contributed by atoms with van der Waals surface area (Å²) in [5.41, 5.74) is 2.49. The molecular formula is C19H23N7O2. The van der Waals surface area contributed by atoms with Gasteiger partial charge in [0.15, 0.2) is 17.0 Å². The van der Waals surface area contributed by atoms with E-state index in [1.807, 2.05) is 36.1 Å². The van der Waals surface area contributed by atoms with Crippen molar-refractivity contribution in [1.82, 2.24) is 30.3 Å². The van der Waals surface area contributed by atoms with Crippen LogP contribution in [-0.2, 0) is 17.8 Å². The van der Waals surface area contributed by atoms with Crippen molar-refractivity contribution < 1.29 is 9.53 Å². The summed E-state index contributed by atoms with van der Waals surface area (Å²) in [7, 11) is 1.66. The van der Waals surface area contributed by atoms with Crippen LogP contribution in [-0.4, -0.2) is 57.6 Å². The van der Waals surface area contributed by atoms with Crippen molar-refractivity contribution in [3.63, 3.8) is 0 Å². The lowest BCUT2D eigenvalue weighted by atomic mass is 9.99. The molecule has 4 rings (SSSR count). The minimum atomic E-state index is -0.0519. The first-order valence-corrected chi connectivity index (χ1v) is 9.40. The third-order valence-corrected chi connectivity index (χ3v) is 5.02. The molecule has 146 valence electrons. The van der Waals surface area contributed by atoms with E-state index in [1.54, 1.807) is 11.8 Å². The van der Waals surface area contributed by atoms with Gasteiger partial charge in [0, 0.05) is 26.2 Å². The molecule has 0 aliphatic carbocycles. The van der Waals surface area contributed by atoms with E-state index in [9.17, 15) is 4.79 Å². The summed E-state index contributed by atoms with van der Waals surface area (Å²) in [4.78, 5) is 23.1. The SMILES string of the molecule is CCn1nnc2c(N3CC(C(=O)NCCc4ccccc4OC)C3)ncnc21. The van der Waals surface area contributed by atoms with E-state index in [0.29, 0.717) is 31.7 Å². The zero-order chi connectivity index (χ0) is 19.5. The molecule has 0 unspecified atom stereocenters. The van der Waals surface area contributed by atoms with Gasteiger partial charge in [-0.2, -0.15) is 0 Å². The van der Waals surface area contributed by atoms with Crippen molar-refractivity contribution >= 4 is 22.9 Å². The highest BCUT2D eigenvalue weighted by Gasteiger charge is 2.35. The number of carbonyl (C=O) groups excluding carboxylic acids is 1. The molecule has 1 aliphatic heterocycles. The summed E-state index contributed by atoms with van der Waals surface area (Å²) in [6.07, 6.45) is 2.26. The maximum Gasteiger partial charge on any atom is 0.226 e. The van der Waals surface area contributed by atoms with E-state index >= 15 is 0 Å². The molecule has 0 saturated carbocycles. The van der Waals surface area contributed by atoms with Crippen molar-refractivity contribution in [2.24, 2.45) is 5.92 Å². The highest BCUT2D eigenvalue weighted by molar-refractivity contribution is 5.86. The Bertz CT molecular complexity index is 981. The number of anilines is 1. The van der Waals surface area contributed by atoms with Crippen molar-refractivity contribution in [2.45, 2.75) is 19.9 Å². The Morgan fingerprint density at radius 1 is 1.29 bits per heavy atom. The molecule has 2 aromatic heterocycles. The van der Waals surface area contributed by atoms with Gasteiger partial charge in [-0.25, -0.2) is 14.6 Å². The second-order valence-electron chi connectivity index (χ2n) is 6.73. The van der Waals surface area contributed by atoms with Crippen LogP contribution in [0, 0.1) is 5.92 Å². The summed E-state index contributed by atoms with van der Waals surface area (Å²) in [6.45, 7) is 4.50. The number of rotatable bonds is 7. The van der Waals surface area contributed by atoms with Crippen molar-refractivity contribution in [3.8, 4) is 5.75 Å². The molecule has 9 nitrogen and oxygen atoms in total. The average Bonchev–Trinajstić information content (AvgIpc) is 3.11. The van der Waals surface area contributed by atoms with Crippen LogP contribution < -0.4 is 15.0 Å². The minimum Gasteiger partial charge on any atom is -0.496 e. The van der Waals surface area contributed by atoms with Gasteiger partial charge in [0.05, 0.1) is 13.0 Å². The number of para-hydroxylation sites is 1. The van der Waals surface area contributed by atoms with Crippen molar-refractivity contribution in [1.29, 1.82) is 0 Å². The van der Waals surface area contributed by atoms with Crippen LogP contribution in [0.25, 0.3) is 11.2 Å². The van der Waals surface area contributed by atoms with Crippen molar-refractivity contribution in [3.05, 3.63) is 36.2 Å². The van der Waals surface area contributed by atoms with E-state index in [4.69, 9.17) is 4.74 Å². The number of benzene rings is 1. The predicted molar refractivity (Wildman–Crippen MR) is 104 cm³/mol. The highest BCUT2D eigenvalue weighted by Crippen LogP contribution is 2.27. The first-order valence-electron chi connectivity index (χ1n) is 9.40. The molecule has 9 heteroatoms. The van der Waals surface area contributed by atoms with Crippen LogP contribution in [0.15, 0.2) is 30.6 Å². The first kappa shape index (κ1) is 18.1. The Balaban J connectivity index is 1.32.